The Morgan fingerprint density at radius 2 is 2.08 bits per heavy atom. The van der Waals surface area contributed by atoms with Gasteiger partial charge >= 0.3 is 0 Å². The molecule has 0 aliphatic carbocycles. The maximum absolute atomic E-state index is 6.17. The molecule has 3 rings (SSSR count). The second-order valence-electron chi connectivity index (χ2n) is 6.11. The van der Waals surface area contributed by atoms with Crippen LogP contribution in [0.4, 0.5) is 5.95 Å². The van der Waals surface area contributed by atoms with Crippen molar-refractivity contribution in [1.82, 2.24) is 20.2 Å². The van der Waals surface area contributed by atoms with Gasteiger partial charge in [-0.25, -0.2) is 4.68 Å². The number of hydrogen-bond acceptors (Lipinski definition) is 5. The first-order valence-corrected chi connectivity index (χ1v) is 9.00. The lowest BCUT2D eigenvalue weighted by Gasteiger charge is -2.13. The van der Waals surface area contributed by atoms with Crippen LogP contribution < -0.4 is 10.1 Å². The van der Waals surface area contributed by atoms with Crippen molar-refractivity contribution < 1.29 is 4.74 Å². The highest BCUT2D eigenvalue weighted by Crippen LogP contribution is 2.25. The van der Waals surface area contributed by atoms with E-state index in [1.807, 2.05) is 24.3 Å². The van der Waals surface area contributed by atoms with Gasteiger partial charge in [0, 0.05) is 23.7 Å². The maximum Gasteiger partial charge on any atom is 0.243 e. The summed E-state index contributed by atoms with van der Waals surface area (Å²) in [6.07, 6.45) is 0.960. The molecule has 0 aliphatic rings. The smallest absolute Gasteiger partial charge is 0.243 e. The first-order valence-electron chi connectivity index (χ1n) is 8.62. The van der Waals surface area contributed by atoms with E-state index in [4.69, 9.17) is 16.3 Å². The number of anilines is 1. The van der Waals surface area contributed by atoms with Gasteiger partial charge in [-0.1, -0.05) is 53.5 Å². The molecule has 1 N–H and O–H groups in total. The molecule has 0 radical (unpaired) electrons. The third kappa shape index (κ3) is 4.73. The molecule has 136 valence electrons. The Labute approximate surface area is 158 Å². The zero-order valence-corrected chi connectivity index (χ0v) is 15.7. The molecule has 2 aromatic carbocycles. The van der Waals surface area contributed by atoms with E-state index in [9.17, 15) is 0 Å². The summed E-state index contributed by atoms with van der Waals surface area (Å²) < 4.78 is 7.77. The van der Waals surface area contributed by atoms with Gasteiger partial charge in [-0.2, -0.15) is 0 Å². The van der Waals surface area contributed by atoms with Gasteiger partial charge in [-0.05, 0) is 47.5 Å². The van der Waals surface area contributed by atoms with Crippen LogP contribution in [0, 0.1) is 6.92 Å². The molecule has 0 unspecified atom stereocenters. The van der Waals surface area contributed by atoms with E-state index in [1.54, 1.807) is 4.68 Å². The maximum atomic E-state index is 6.17. The zero-order chi connectivity index (χ0) is 18.4. The van der Waals surface area contributed by atoms with Gasteiger partial charge in [-0.3, -0.25) is 0 Å². The Morgan fingerprint density at radius 1 is 1.19 bits per heavy atom. The minimum atomic E-state index is 0.504. The van der Waals surface area contributed by atoms with Gasteiger partial charge in [0.25, 0.3) is 0 Å². The second kappa shape index (κ2) is 8.67. The van der Waals surface area contributed by atoms with Crippen LogP contribution in [0.1, 0.15) is 30.0 Å². The SMILES string of the molecule is CCCn1nnnc1NCc1cc(Cl)ccc1OCc1cccc(C)c1. The van der Waals surface area contributed by atoms with Crippen molar-refractivity contribution in [1.29, 1.82) is 0 Å². The number of hydrogen-bond donors (Lipinski definition) is 1. The molecule has 3 aromatic rings. The Kier molecular flexibility index (Phi) is 6.07. The van der Waals surface area contributed by atoms with E-state index in [0.717, 1.165) is 29.8 Å². The van der Waals surface area contributed by atoms with E-state index in [1.165, 1.54) is 5.56 Å². The number of aromatic nitrogens is 4. The molecular weight excluding hydrogens is 350 g/mol. The predicted molar refractivity (Wildman–Crippen MR) is 102 cm³/mol. The fraction of sp³-hybridized carbons (Fsp3) is 0.316. The second-order valence-corrected chi connectivity index (χ2v) is 6.55. The molecule has 0 spiro atoms. The predicted octanol–water partition coefficient (Wildman–Crippen LogP) is 4.24. The minimum Gasteiger partial charge on any atom is -0.489 e. The fourth-order valence-corrected chi connectivity index (χ4v) is 2.85. The topological polar surface area (TPSA) is 64.9 Å². The van der Waals surface area contributed by atoms with E-state index in [0.29, 0.717) is 24.1 Å². The molecule has 1 aromatic heterocycles. The minimum absolute atomic E-state index is 0.504. The number of tetrazole rings is 1. The van der Waals surface area contributed by atoms with Crippen LogP contribution >= 0.6 is 11.6 Å². The van der Waals surface area contributed by atoms with Crippen molar-refractivity contribution in [3.05, 3.63) is 64.2 Å². The summed E-state index contributed by atoms with van der Waals surface area (Å²) >= 11 is 6.17. The quantitative estimate of drug-likeness (QED) is 0.641. The van der Waals surface area contributed by atoms with Crippen molar-refractivity contribution in [2.45, 2.75) is 40.0 Å². The monoisotopic (exact) mass is 371 g/mol. The molecule has 0 amide bonds. The number of nitrogens with zero attached hydrogens (tertiary/aromatic N) is 4. The summed E-state index contributed by atoms with van der Waals surface area (Å²) in [6.45, 7) is 5.95. The van der Waals surface area contributed by atoms with Crippen molar-refractivity contribution in [2.24, 2.45) is 0 Å². The molecule has 0 saturated carbocycles. The van der Waals surface area contributed by atoms with E-state index in [2.05, 4.69) is 52.9 Å². The molecule has 0 saturated heterocycles. The van der Waals surface area contributed by atoms with E-state index in [-0.39, 0.29) is 0 Å². The van der Waals surface area contributed by atoms with Crippen molar-refractivity contribution in [2.75, 3.05) is 5.32 Å². The van der Waals surface area contributed by atoms with Gasteiger partial charge in [0.15, 0.2) is 0 Å². The van der Waals surface area contributed by atoms with Crippen LogP contribution in [0.5, 0.6) is 5.75 Å². The number of rotatable bonds is 8. The summed E-state index contributed by atoms with van der Waals surface area (Å²) in [5.41, 5.74) is 3.30. The summed E-state index contributed by atoms with van der Waals surface area (Å²) in [6, 6.07) is 13.9. The summed E-state index contributed by atoms with van der Waals surface area (Å²) in [5.74, 6) is 1.43. The summed E-state index contributed by atoms with van der Waals surface area (Å²) in [7, 11) is 0. The number of ether oxygens (including phenoxy) is 1. The molecule has 7 heteroatoms. The molecule has 0 aliphatic heterocycles. The number of benzene rings is 2. The van der Waals surface area contributed by atoms with Crippen LogP contribution in [-0.4, -0.2) is 20.2 Å². The van der Waals surface area contributed by atoms with Crippen molar-refractivity contribution >= 4 is 17.5 Å². The lowest BCUT2D eigenvalue weighted by Crippen LogP contribution is -2.10. The van der Waals surface area contributed by atoms with Crippen LogP contribution in [0.2, 0.25) is 5.02 Å². The van der Waals surface area contributed by atoms with Gasteiger partial charge < -0.3 is 10.1 Å². The van der Waals surface area contributed by atoms with Gasteiger partial charge in [0.05, 0.1) is 0 Å². The number of aryl methyl sites for hydroxylation is 2. The molecular formula is C19H22ClN5O. The van der Waals surface area contributed by atoms with Crippen LogP contribution in [-0.2, 0) is 19.7 Å². The van der Waals surface area contributed by atoms with E-state index >= 15 is 0 Å². The standard InChI is InChI=1S/C19H22ClN5O/c1-3-9-25-19(22-23-24-25)21-12-16-11-17(20)7-8-18(16)26-13-15-6-4-5-14(2)10-15/h4-8,10-11H,3,9,12-13H2,1-2H3,(H,21,22,24). The largest absolute Gasteiger partial charge is 0.489 e. The highest BCUT2D eigenvalue weighted by Gasteiger charge is 2.09. The zero-order valence-electron chi connectivity index (χ0n) is 14.9. The Hall–Kier alpha value is -2.60. The molecule has 6 nitrogen and oxygen atoms in total. The molecule has 0 bridgehead atoms. The normalized spacial score (nSPS) is 10.7. The van der Waals surface area contributed by atoms with Gasteiger partial charge in [0.1, 0.15) is 12.4 Å². The van der Waals surface area contributed by atoms with Gasteiger partial charge in [-0.15, -0.1) is 0 Å². The fourth-order valence-electron chi connectivity index (χ4n) is 2.66. The Balaban J connectivity index is 1.70. The van der Waals surface area contributed by atoms with Gasteiger partial charge in [0.2, 0.25) is 5.95 Å². The average Bonchev–Trinajstić information content (AvgIpc) is 3.07. The molecule has 1 heterocycles. The molecule has 26 heavy (non-hydrogen) atoms. The molecule has 0 atom stereocenters. The third-order valence-corrected chi connectivity index (χ3v) is 4.14. The van der Waals surface area contributed by atoms with Crippen LogP contribution in [0.3, 0.4) is 0 Å². The van der Waals surface area contributed by atoms with Crippen molar-refractivity contribution in [3.63, 3.8) is 0 Å². The van der Waals surface area contributed by atoms with E-state index < -0.39 is 0 Å². The average molecular weight is 372 g/mol. The number of nitrogens with one attached hydrogen (secondary N) is 1. The number of halogens is 1. The lowest BCUT2D eigenvalue weighted by atomic mass is 10.1. The highest BCUT2D eigenvalue weighted by molar-refractivity contribution is 6.30. The highest BCUT2D eigenvalue weighted by atomic mass is 35.5. The molecule has 0 fully saturated rings. The first kappa shape index (κ1) is 18.2. The summed E-state index contributed by atoms with van der Waals surface area (Å²) in [4.78, 5) is 0. The Morgan fingerprint density at radius 3 is 2.88 bits per heavy atom. The van der Waals surface area contributed by atoms with Crippen LogP contribution in [0.15, 0.2) is 42.5 Å². The summed E-state index contributed by atoms with van der Waals surface area (Å²) in [5, 5.41) is 15.6. The third-order valence-electron chi connectivity index (χ3n) is 3.90. The lowest BCUT2D eigenvalue weighted by molar-refractivity contribution is 0.303. The van der Waals surface area contributed by atoms with Crippen molar-refractivity contribution in [3.8, 4) is 5.75 Å². The first-order chi connectivity index (χ1) is 12.7. The Bertz CT molecular complexity index is 865. The van der Waals surface area contributed by atoms with Crippen LogP contribution in [0.25, 0.3) is 0 Å².